The smallest absolute Gasteiger partial charge is 0.297 e. The van der Waals surface area contributed by atoms with E-state index in [0.29, 0.717) is 5.88 Å². The van der Waals surface area contributed by atoms with E-state index in [1.165, 1.54) is 11.3 Å². The molecule has 1 aromatic rings. The Morgan fingerprint density at radius 2 is 2.17 bits per heavy atom. The van der Waals surface area contributed by atoms with Gasteiger partial charge in [0.15, 0.2) is 0 Å². The van der Waals surface area contributed by atoms with E-state index in [0.717, 1.165) is 17.1 Å². The summed E-state index contributed by atoms with van der Waals surface area (Å²) in [6, 6.07) is -0.0747. The molecule has 0 bridgehead atoms. The van der Waals surface area contributed by atoms with Gasteiger partial charge in [-0.05, 0) is 13.5 Å². The molecular weight excluding hydrogens is 285 g/mol. The normalized spacial score (nSPS) is 14.2. The first kappa shape index (κ1) is 15.7. The van der Waals surface area contributed by atoms with E-state index in [9.17, 15) is 13.2 Å². The molecule has 1 aromatic heterocycles. The number of thiazole rings is 1. The first-order valence-electron chi connectivity index (χ1n) is 5.64. The van der Waals surface area contributed by atoms with Gasteiger partial charge in [-0.3, -0.25) is 4.90 Å². The Hall–Kier alpha value is -0.330. The van der Waals surface area contributed by atoms with Gasteiger partial charge in [-0.2, -0.15) is 13.2 Å². The van der Waals surface area contributed by atoms with Gasteiger partial charge in [0.25, 0.3) is 0 Å². The highest BCUT2D eigenvalue weighted by molar-refractivity contribution is 7.09. The lowest BCUT2D eigenvalue weighted by molar-refractivity contribution is -0.138. The summed E-state index contributed by atoms with van der Waals surface area (Å²) >= 11 is 7.12. The molecule has 7 heteroatoms. The van der Waals surface area contributed by atoms with Gasteiger partial charge in [-0.15, -0.1) is 22.9 Å². The molecule has 0 aliphatic rings. The van der Waals surface area contributed by atoms with Crippen LogP contribution in [0, 0.1) is 0 Å². The highest BCUT2D eigenvalue weighted by Gasteiger charge is 2.29. The second-order valence-electron chi connectivity index (χ2n) is 4.08. The van der Waals surface area contributed by atoms with E-state index in [1.807, 2.05) is 12.3 Å². The summed E-state index contributed by atoms with van der Waals surface area (Å²) in [5.41, 5.74) is 0.777. The van der Waals surface area contributed by atoms with Gasteiger partial charge in [-0.25, -0.2) is 4.98 Å². The number of halogens is 4. The molecule has 1 atom stereocenters. The first-order valence-corrected chi connectivity index (χ1v) is 7.06. The molecule has 0 spiro atoms. The van der Waals surface area contributed by atoms with Crippen molar-refractivity contribution < 1.29 is 13.2 Å². The van der Waals surface area contributed by atoms with Crippen molar-refractivity contribution in [2.45, 2.75) is 37.9 Å². The average Bonchev–Trinajstić information content (AvgIpc) is 2.75. The second-order valence-corrected chi connectivity index (χ2v) is 5.24. The molecule has 0 fully saturated rings. The molecule has 0 N–H and O–H groups in total. The molecule has 2 nitrogen and oxygen atoms in total. The molecule has 1 heterocycles. The van der Waals surface area contributed by atoms with Gasteiger partial charge in [-0.1, -0.05) is 6.92 Å². The van der Waals surface area contributed by atoms with Crippen molar-refractivity contribution in [1.82, 2.24) is 9.88 Å². The fourth-order valence-electron chi connectivity index (χ4n) is 1.67. The number of hydrogen-bond donors (Lipinski definition) is 0. The van der Waals surface area contributed by atoms with E-state index in [-0.39, 0.29) is 12.6 Å². The van der Waals surface area contributed by atoms with Crippen LogP contribution in [0.3, 0.4) is 0 Å². The van der Waals surface area contributed by atoms with E-state index < -0.39 is 12.6 Å². The number of rotatable bonds is 6. The molecule has 0 aliphatic carbocycles. The predicted molar refractivity (Wildman–Crippen MR) is 68.0 cm³/mol. The van der Waals surface area contributed by atoms with Crippen LogP contribution in [0.4, 0.5) is 13.2 Å². The summed E-state index contributed by atoms with van der Waals surface area (Å²) in [5, 5.41) is 2.68. The Bertz CT molecular complexity index is 367. The Labute approximate surface area is 114 Å². The Morgan fingerprint density at radius 1 is 1.50 bits per heavy atom. The molecule has 0 radical (unpaired) electrons. The minimum atomic E-state index is -4.11. The topological polar surface area (TPSA) is 16.1 Å². The minimum Gasteiger partial charge on any atom is -0.297 e. The van der Waals surface area contributed by atoms with Gasteiger partial charge in [0.2, 0.25) is 0 Å². The van der Waals surface area contributed by atoms with Crippen LogP contribution in [0.2, 0.25) is 0 Å². The number of nitrogens with zero attached hydrogens (tertiary/aromatic N) is 2. The van der Waals surface area contributed by atoms with Crippen molar-refractivity contribution in [2.75, 3.05) is 13.6 Å². The highest BCUT2D eigenvalue weighted by Crippen LogP contribution is 2.28. The van der Waals surface area contributed by atoms with Crippen molar-refractivity contribution in [3.8, 4) is 0 Å². The molecule has 0 amide bonds. The number of hydrogen-bond acceptors (Lipinski definition) is 3. The van der Waals surface area contributed by atoms with Crippen molar-refractivity contribution in [3.63, 3.8) is 0 Å². The quantitative estimate of drug-likeness (QED) is 0.731. The van der Waals surface area contributed by atoms with Crippen LogP contribution >= 0.6 is 22.9 Å². The van der Waals surface area contributed by atoms with Gasteiger partial charge in [0.1, 0.15) is 5.01 Å². The van der Waals surface area contributed by atoms with Gasteiger partial charge < -0.3 is 0 Å². The fraction of sp³-hybridized carbons (Fsp3) is 0.727. The molecule has 104 valence electrons. The van der Waals surface area contributed by atoms with Gasteiger partial charge in [0, 0.05) is 11.9 Å². The zero-order valence-corrected chi connectivity index (χ0v) is 11.9. The summed E-state index contributed by atoms with van der Waals surface area (Å²) in [6.45, 7) is 1.92. The van der Waals surface area contributed by atoms with Crippen LogP contribution in [0.15, 0.2) is 5.38 Å². The van der Waals surface area contributed by atoms with Crippen molar-refractivity contribution in [3.05, 3.63) is 16.1 Å². The van der Waals surface area contributed by atoms with E-state index in [1.54, 1.807) is 11.9 Å². The van der Waals surface area contributed by atoms with Gasteiger partial charge >= 0.3 is 6.18 Å². The lowest BCUT2D eigenvalue weighted by Gasteiger charge is -2.25. The lowest BCUT2D eigenvalue weighted by atomic mass is 10.2. The molecule has 0 saturated heterocycles. The molecule has 1 rings (SSSR count). The standard InChI is InChI=1S/C11H16ClF3N2S/c1-3-9(10-16-8(6-12)7-18-10)17(2)5-4-11(13,14)15/h7,9H,3-6H2,1-2H3. The predicted octanol–water partition coefficient (Wildman–Crippen LogP) is 4.22. The summed E-state index contributed by atoms with van der Waals surface area (Å²) in [6.07, 6.45) is -4.19. The summed E-state index contributed by atoms with van der Waals surface area (Å²) < 4.78 is 36.6. The molecular formula is C11H16ClF3N2S. The Kier molecular flexibility index (Phi) is 5.88. The summed E-state index contributed by atoms with van der Waals surface area (Å²) in [7, 11) is 1.70. The molecule has 0 aromatic carbocycles. The maximum atomic E-state index is 12.2. The van der Waals surface area contributed by atoms with Crippen molar-refractivity contribution >= 4 is 22.9 Å². The minimum absolute atomic E-state index is 0.0161. The maximum absolute atomic E-state index is 12.2. The Morgan fingerprint density at radius 3 is 2.61 bits per heavy atom. The van der Waals surface area contributed by atoms with Crippen molar-refractivity contribution in [1.29, 1.82) is 0 Å². The highest BCUT2D eigenvalue weighted by atomic mass is 35.5. The molecule has 0 aliphatic heterocycles. The average molecular weight is 301 g/mol. The van der Waals surface area contributed by atoms with E-state index >= 15 is 0 Å². The van der Waals surface area contributed by atoms with Crippen molar-refractivity contribution in [2.24, 2.45) is 0 Å². The first-order chi connectivity index (χ1) is 8.37. The fourth-order valence-corrected chi connectivity index (χ4v) is 2.97. The molecule has 0 saturated carbocycles. The third-order valence-corrected chi connectivity index (χ3v) is 3.93. The van der Waals surface area contributed by atoms with Crippen LogP contribution in [-0.4, -0.2) is 29.7 Å². The van der Waals surface area contributed by atoms with Crippen LogP contribution in [0.5, 0.6) is 0 Å². The van der Waals surface area contributed by atoms with E-state index in [2.05, 4.69) is 4.98 Å². The lowest BCUT2D eigenvalue weighted by Crippen LogP contribution is -2.28. The molecule has 1 unspecified atom stereocenters. The zero-order valence-electron chi connectivity index (χ0n) is 10.3. The third-order valence-electron chi connectivity index (χ3n) is 2.66. The summed E-state index contributed by atoms with van der Waals surface area (Å²) in [4.78, 5) is 6.03. The monoisotopic (exact) mass is 300 g/mol. The van der Waals surface area contributed by atoms with E-state index in [4.69, 9.17) is 11.6 Å². The van der Waals surface area contributed by atoms with Gasteiger partial charge in [0.05, 0.1) is 24.0 Å². The maximum Gasteiger partial charge on any atom is 0.390 e. The second kappa shape index (κ2) is 6.73. The SMILES string of the molecule is CCC(c1nc(CCl)cs1)N(C)CCC(F)(F)F. The van der Waals surface area contributed by atoms with Crippen LogP contribution in [0.1, 0.15) is 36.5 Å². The zero-order chi connectivity index (χ0) is 13.8. The number of aromatic nitrogens is 1. The Balaban J connectivity index is 2.64. The number of alkyl halides is 4. The third kappa shape index (κ3) is 4.74. The van der Waals surface area contributed by atoms with Crippen LogP contribution < -0.4 is 0 Å². The largest absolute Gasteiger partial charge is 0.390 e. The van der Waals surface area contributed by atoms with Crippen LogP contribution in [0.25, 0.3) is 0 Å². The molecule has 18 heavy (non-hydrogen) atoms. The summed E-state index contributed by atoms with van der Waals surface area (Å²) in [5.74, 6) is 0.333. The van der Waals surface area contributed by atoms with Crippen LogP contribution in [-0.2, 0) is 5.88 Å².